The molecule has 0 bridgehead atoms. The van der Waals surface area contributed by atoms with Crippen LogP contribution in [0.15, 0.2) is 33.6 Å². The van der Waals surface area contributed by atoms with Gasteiger partial charge in [0.2, 0.25) is 0 Å². The number of halogens is 4. The van der Waals surface area contributed by atoms with Crippen molar-refractivity contribution in [3.05, 3.63) is 51.8 Å². The smallest absolute Gasteiger partial charge is 0.194 e. The van der Waals surface area contributed by atoms with Crippen LogP contribution in [0.25, 0.3) is 11.1 Å². The fourth-order valence-electron chi connectivity index (χ4n) is 1.89. The molecule has 2 rings (SSSR count). The van der Waals surface area contributed by atoms with Crippen LogP contribution in [0.2, 0.25) is 0 Å². The largest absolute Gasteiger partial charge is 0.204 e. The minimum Gasteiger partial charge on any atom is -0.204 e. The van der Waals surface area contributed by atoms with Gasteiger partial charge in [0.25, 0.3) is 0 Å². The van der Waals surface area contributed by atoms with Crippen molar-refractivity contribution in [2.45, 2.75) is 11.8 Å². The Bertz CT molecular complexity index is 641. The van der Waals surface area contributed by atoms with E-state index >= 15 is 0 Å². The van der Waals surface area contributed by atoms with Crippen LogP contribution in [0.4, 0.5) is 13.2 Å². The lowest BCUT2D eigenvalue weighted by molar-refractivity contribution is 0.444. The number of benzene rings is 2. The van der Waals surface area contributed by atoms with Crippen LogP contribution in [0.1, 0.15) is 5.56 Å². The molecule has 5 heteroatoms. The topological polar surface area (TPSA) is 0 Å². The zero-order chi connectivity index (χ0) is 14.2. The highest BCUT2D eigenvalue weighted by Crippen LogP contribution is 2.38. The van der Waals surface area contributed by atoms with E-state index in [0.29, 0.717) is 11.1 Å². The second-order valence-corrected chi connectivity index (χ2v) is 5.65. The highest BCUT2D eigenvalue weighted by Gasteiger charge is 2.18. The van der Waals surface area contributed by atoms with Gasteiger partial charge in [-0.25, -0.2) is 13.2 Å². The molecule has 0 nitrogen and oxygen atoms in total. The molecule has 0 spiro atoms. The molecule has 0 unspecified atom stereocenters. The van der Waals surface area contributed by atoms with Gasteiger partial charge in [0, 0.05) is 9.37 Å². The van der Waals surface area contributed by atoms with Gasteiger partial charge in [0.05, 0.1) is 0 Å². The third kappa shape index (κ3) is 2.54. The molecule has 0 radical (unpaired) electrons. The standard InChI is InChI=1S/C14H10BrF3S/c1-7-9(6-11(16)13(18)12(7)17)8-4-3-5-10(15)14(8)19-2/h3-6H,1-2H3. The van der Waals surface area contributed by atoms with E-state index in [1.54, 1.807) is 12.1 Å². The second-order valence-electron chi connectivity index (χ2n) is 3.98. The Morgan fingerprint density at radius 1 is 1.05 bits per heavy atom. The Labute approximate surface area is 122 Å². The van der Waals surface area contributed by atoms with Crippen molar-refractivity contribution in [2.75, 3.05) is 6.26 Å². The predicted molar refractivity (Wildman–Crippen MR) is 76.0 cm³/mol. The third-order valence-corrected chi connectivity index (χ3v) is 4.64. The number of rotatable bonds is 2. The zero-order valence-electron chi connectivity index (χ0n) is 10.2. The Kier molecular flexibility index (Phi) is 4.26. The minimum atomic E-state index is -1.43. The first-order valence-electron chi connectivity index (χ1n) is 5.44. The summed E-state index contributed by atoms with van der Waals surface area (Å²) in [4.78, 5) is 0.857. The molecule has 2 aromatic rings. The van der Waals surface area contributed by atoms with Crippen molar-refractivity contribution in [3.8, 4) is 11.1 Å². The summed E-state index contributed by atoms with van der Waals surface area (Å²) in [5.74, 6) is -3.74. The quantitative estimate of drug-likeness (QED) is 0.506. The molecule has 0 amide bonds. The molecule has 0 aliphatic carbocycles. The molecule has 0 atom stereocenters. The van der Waals surface area contributed by atoms with Crippen molar-refractivity contribution in [1.82, 2.24) is 0 Å². The zero-order valence-corrected chi connectivity index (χ0v) is 12.6. The average Bonchev–Trinajstić information content (AvgIpc) is 2.40. The van der Waals surface area contributed by atoms with Crippen LogP contribution in [0.5, 0.6) is 0 Å². The Morgan fingerprint density at radius 2 is 1.74 bits per heavy atom. The summed E-state index contributed by atoms with van der Waals surface area (Å²) in [5.41, 5.74) is 1.14. The molecule has 0 aliphatic heterocycles. The van der Waals surface area contributed by atoms with Gasteiger partial charge in [0.1, 0.15) is 0 Å². The molecule has 0 N–H and O–H groups in total. The number of hydrogen-bond donors (Lipinski definition) is 0. The van der Waals surface area contributed by atoms with E-state index in [-0.39, 0.29) is 5.56 Å². The van der Waals surface area contributed by atoms with E-state index in [1.165, 1.54) is 18.7 Å². The molecule has 0 heterocycles. The summed E-state index contributed by atoms with van der Waals surface area (Å²) in [6.07, 6.45) is 1.87. The minimum absolute atomic E-state index is 0.104. The van der Waals surface area contributed by atoms with Crippen molar-refractivity contribution >= 4 is 27.7 Å². The second kappa shape index (κ2) is 5.59. The van der Waals surface area contributed by atoms with Crippen LogP contribution >= 0.6 is 27.7 Å². The molecule has 0 aliphatic rings. The maximum Gasteiger partial charge on any atom is 0.194 e. The number of thioether (sulfide) groups is 1. The van der Waals surface area contributed by atoms with Gasteiger partial charge in [-0.2, -0.15) is 0 Å². The van der Waals surface area contributed by atoms with Gasteiger partial charge in [-0.15, -0.1) is 11.8 Å². The normalized spacial score (nSPS) is 10.8. The van der Waals surface area contributed by atoms with Gasteiger partial charge in [0.15, 0.2) is 17.5 Å². The fourth-order valence-corrected chi connectivity index (χ4v) is 3.41. The molecular formula is C14H10BrF3S. The maximum absolute atomic E-state index is 13.6. The highest BCUT2D eigenvalue weighted by molar-refractivity contribution is 9.10. The molecule has 100 valence electrons. The van der Waals surface area contributed by atoms with Crippen LogP contribution in [-0.4, -0.2) is 6.26 Å². The SMILES string of the molecule is CSc1c(Br)cccc1-c1cc(F)c(F)c(F)c1C. The molecule has 0 aromatic heterocycles. The van der Waals surface area contributed by atoms with E-state index < -0.39 is 17.5 Å². The van der Waals surface area contributed by atoms with Crippen LogP contribution in [-0.2, 0) is 0 Å². The number of hydrogen-bond acceptors (Lipinski definition) is 1. The van der Waals surface area contributed by atoms with Gasteiger partial charge < -0.3 is 0 Å². The van der Waals surface area contributed by atoms with E-state index in [4.69, 9.17) is 0 Å². The maximum atomic E-state index is 13.6. The monoisotopic (exact) mass is 346 g/mol. The Morgan fingerprint density at radius 3 is 2.37 bits per heavy atom. The molecule has 19 heavy (non-hydrogen) atoms. The van der Waals surface area contributed by atoms with Gasteiger partial charge in [-0.1, -0.05) is 12.1 Å². The lowest BCUT2D eigenvalue weighted by Crippen LogP contribution is -1.98. The van der Waals surface area contributed by atoms with Crippen molar-refractivity contribution < 1.29 is 13.2 Å². The van der Waals surface area contributed by atoms with Crippen LogP contribution in [0, 0.1) is 24.4 Å². The van der Waals surface area contributed by atoms with E-state index in [9.17, 15) is 13.2 Å². The first-order valence-corrected chi connectivity index (χ1v) is 7.46. The summed E-state index contributed by atoms with van der Waals surface area (Å²) in [6, 6.07) is 6.42. The summed E-state index contributed by atoms with van der Waals surface area (Å²) < 4.78 is 41.1. The van der Waals surface area contributed by atoms with Crippen molar-refractivity contribution in [3.63, 3.8) is 0 Å². The van der Waals surface area contributed by atoms with E-state index in [0.717, 1.165) is 15.4 Å². The molecular weight excluding hydrogens is 337 g/mol. The van der Waals surface area contributed by atoms with E-state index in [1.807, 2.05) is 12.3 Å². The van der Waals surface area contributed by atoms with Crippen LogP contribution in [0.3, 0.4) is 0 Å². The lowest BCUT2D eigenvalue weighted by atomic mass is 9.99. The summed E-state index contributed by atoms with van der Waals surface area (Å²) >= 11 is 4.85. The molecule has 0 fully saturated rings. The summed E-state index contributed by atoms with van der Waals surface area (Å²) in [7, 11) is 0. The Balaban J connectivity index is 2.76. The van der Waals surface area contributed by atoms with Gasteiger partial charge in [-0.05, 0) is 57.9 Å². The fraction of sp³-hybridized carbons (Fsp3) is 0.143. The first kappa shape index (κ1) is 14.5. The summed E-state index contributed by atoms with van der Waals surface area (Å²) in [6.45, 7) is 1.44. The van der Waals surface area contributed by atoms with Crippen molar-refractivity contribution in [1.29, 1.82) is 0 Å². The van der Waals surface area contributed by atoms with Crippen LogP contribution < -0.4 is 0 Å². The molecule has 0 saturated heterocycles. The van der Waals surface area contributed by atoms with Gasteiger partial charge in [-0.3, -0.25) is 0 Å². The van der Waals surface area contributed by atoms with E-state index in [2.05, 4.69) is 15.9 Å². The summed E-state index contributed by atoms with van der Waals surface area (Å²) in [5, 5.41) is 0. The Hall–Kier alpha value is -0.940. The third-order valence-electron chi connectivity index (χ3n) is 2.87. The predicted octanol–water partition coefficient (Wildman–Crippen LogP) is 5.56. The van der Waals surface area contributed by atoms with Crippen molar-refractivity contribution in [2.24, 2.45) is 0 Å². The molecule has 2 aromatic carbocycles. The lowest BCUT2D eigenvalue weighted by Gasteiger charge is -2.13. The highest BCUT2D eigenvalue weighted by atomic mass is 79.9. The van der Waals surface area contributed by atoms with Gasteiger partial charge >= 0.3 is 0 Å². The molecule has 0 saturated carbocycles. The average molecular weight is 347 g/mol. The first-order chi connectivity index (χ1) is 8.97.